The van der Waals surface area contributed by atoms with Crippen LogP contribution in [-0.4, -0.2) is 24.5 Å². The average Bonchev–Trinajstić information content (AvgIpc) is 2.84. The molecule has 1 aliphatic heterocycles. The largest absolute Gasteiger partial charge is 0.490 e. The second-order valence-electron chi connectivity index (χ2n) is 8.42. The summed E-state index contributed by atoms with van der Waals surface area (Å²) in [6.45, 7) is 6.45. The monoisotopic (exact) mass is 626 g/mol. The number of hydrogen-bond donors (Lipinski definition) is 1. The Balaban J connectivity index is 1.67. The molecule has 1 aliphatic rings. The Morgan fingerprint density at radius 2 is 1.68 bits per heavy atom. The lowest BCUT2D eigenvalue weighted by Gasteiger charge is -2.27. The van der Waals surface area contributed by atoms with Crippen LogP contribution in [0, 0.1) is 13.8 Å². The highest BCUT2D eigenvalue weighted by Crippen LogP contribution is 2.36. The van der Waals surface area contributed by atoms with Gasteiger partial charge in [-0.1, -0.05) is 61.7 Å². The van der Waals surface area contributed by atoms with Crippen LogP contribution in [0.4, 0.5) is 10.5 Å². The molecule has 1 fully saturated rings. The summed E-state index contributed by atoms with van der Waals surface area (Å²) in [6.07, 6.45) is 1.43. The first-order valence-electron chi connectivity index (χ1n) is 11.5. The Morgan fingerprint density at radius 3 is 2.38 bits per heavy atom. The zero-order chi connectivity index (χ0) is 26.7. The number of carbonyl (C=O) groups excluding carboxylic acids is 3. The molecule has 1 N–H and O–H groups in total. The molecule has 0 bridgehead atoms. The van der Waals surface area contributed by atoms with Crippen LogP contribution in [0.25, 0.3) is 6.08 Å². The van der Waals surface area contributed by atoms with Crippen molar-refractivity contribution in [3.05, 3.63) is 91.4 Å². The molecule has 0 atom stereocenters. The predicted octanol–water partition coefficient (Wildman–Crippen LogP) is 6.47. The number of nitrogens with zero attached hydrogens (tertiary/aromatic N) is 1. The number of ether oxygens (including phenoxy) is 2. The fourth-order valence-electron chi connectivity index (χ4n) is 3.82. The smallest absolute Gasteiger partial charge is 0.335 e. The molecule has 4 amide bonds. The maximum Gasteiger partial charge on any atom is 0.335 e. The zero-order valence-corrected chi connectivity index (χ0v) is 23.6. The van der Waals surface area contributed by atoms with Gasteiger partial charge in [-0.2, -0.15) is 0 Å². The number of carbonyl (C=O) groups is 3. The van der Waals surface area contributed by atoms with Crippen LogP contribution in [0.2, 0.25) is 0 Å². The van der Waals surface area contributed by atoms with Gasteiger partial charge in [0.2, 0.25) is 0 Å². The third kappa shape index (κ3) is 5.94. The van der Waals surface area contributed by atoms with Crippen LogP contribution in [0.3, 0.4) is 0 Å². The molecule has 3 aromatic rings. The fourth-order valence-corrected chi connectivity index (χ4v) is 4.50. The number of rotatable bonds is 7. The van der Waals surface area contributed by atoms with E-state index in [4.69, 9.17) is 9.47 Å². The third-order valence-electron chi connectivity index (χ3n) is 5.64. The van der Waals surface area contributed by atoms with Gasteiger partial charge in [-0.3, -0.25) is 14.9 Å². The minimum absolute atomic E-state index is 0.184. The molecule has 0 unspecified atom stereocenters. The number of imide groups is 2. The molecule has 9 heteroatoms. The van der Waals surface area contributed by atoms with Gasteiger partial charge in [-0.25, -0.2) is 9.69 Å². The van der Waals surface area contributed by atoms with Crippen molar-refractivity contribution in [3.63, 3.8) is 0 Å². The minimum atomic E-state index is -0.803. The topological polar surface area (TPSA) is 84.9 Å². The van der Waals surface area contributed by atoms with Gasteiger partial charge < -0.3 is 9.47 Å². The van der Waals surface area contributed by atoms with Gasteiger partial charge in [0.05, 0.1) is 12.3 Å². The van der Waals surface area contributed by atoms with E-state index in [1.165, 1.54) is 6.08 Å². The standard InChI is InChI=1S/C28H24Br2N2O5/c1-4-36-24-13-19(23(30)14-25(24)37-15-18-7-5-6-16(2)10-18)12-21-26(33)31-28(35)32(27(21)34)20-8-9-22(29)17(3)11-20/h5-14H,4,15H2,1-3H3,(H,31,33,35)/b21-12+. The molecule has 4 rings (SSSR count). The van der Waals surface area contributed by atoms with Crippen LogP contribution >= 0.6 is 31.9 Å². The lowest BCUT2D eigenvalue weighted by atomic mass is 10.1. The molecule has 7 nitrogen and oxygen atoms in total. The summed E-state index contributed by atoms with van der Waals surface area (Å²) < 4.78 is 13.2. The number of halogens is 2. The summed E-state index contributed by atoms with van der Waals surface area (Å²) in [5.41, 5.74) is 3.68. The first kappa shape index (κ1) is 26.6. The first-order valence-corrected chi connectivity index (χ1v) is 13.1. The van der Waals surface area contributed by atoms with Crippen LogP contribution in [0.1, 0.15) is 29.2 Å². The van der Waals surface area contributed by atoms with E-state index in [1.807, 2.05) is 45.0 Å². The molecule has 0 radical (unpaired) electrons. The highest BCUT2D eigenvalue weighted by Gasteiger charge is 2.37. The van der Waals surface area contributed by atoms with E-state index in [2.05, 4.69) is 37.2 Å². The van der Waals surface area contributed by atoms with Gasteiger partial charge >= 0.3 is 6.03 Å². The summed E-state index contributed by atoms with van der Waals surface area (Å²) in [5.74, 6) is -0.519. The van der Waals surface area contributed by atoms with Crippen molar-refractivity contribution in [2.45, 2.75) is 27.4 Å². The molecular formula is C28H24Br2N2O5. The molecule has 0 aromatic heterocycles. The van der Waals surface area contributed by atoms with E-state index in [0.717, 1.165) is 26.1 Å². The maximum absolute atomic E-state index is 13.3. The number of anilines is 1. The molecule has 3 aromatic carbocycles. The predicted molar refractivity (Wildman–Crippen MR) is 149 cm³/mol. The van der Waals surface area contributed by atoms with Gasteiger partial charge in [-0.15, -0.1) is 0 Å². The van der Waals surface area contributed by atoms with Gasteiger partial charge in [0.25, 0.3) is 11.8 Å². The summed E-state index contributed by atoms with van der Waals surface area (Å²) in [5, 5.41) is 2.25. The second-order valence-corrected chi connectivity index (χ2v) is 10.1. The van der Waals surface area contributed by atoms with Crippen LogP contribution in [-0.2, 0) is 16.2 Å². The van der Waals surface area contributed by atoms with E-state index in [-0.39, 0.29) is 5.57 Å². The van der Waals surface area contributed by atoms with Crippen molar-refractivity contribution in [2.24, 2.45) is 0 Å². The highest BCUT2D eigenvalue weighted by molar-refractivity contribution is 9.10. The molecule has 0 aliphatic carbocycles. The van der Waals surface area contributed by atoms with Gasteiger partial charge in [0, 0.05) is 8.95 Å². The fraction of sp³-hybridized carbons (Fsp3) is 0.179. The van der Waals surface area contributed by atoms with E-state index in [0.29, 0.717) is 40.4 Å². The Morgan fingerprint density at radius 1 is 0.919 bits per heavy atom. The molecule has 190 valence electrons. The van der Waals surface area contributed by atoms with Crippen LogP contribution in [0.5, 0.6) is 11.5 Å². The molecule has 0 spiro atoms. The quantitative estimate of drug-likeness (QED) is 0.240. The van der Waals surface area contributed by atoms with Crippen molar-refractivity contribution < 1.29 is 23.9 Å². The van der Waals surface area contributed by atoms with Gasteiger partial charge in [0.15, 0.2) is 11.5 Å². The molecule has 1 heterocycles. The number of aryl methyl sites for hydroxylation is 2. The average molecular weight is 628 g/mol. The maximum atomic E-state index is 13.3. The van der Waals surface area contributed by atoms with Crippen molar-refractivity contribution in [1.82, 2.24) is 5.32 Å². The number of barbiturate groups is 1. The number of nitrogens with one attached hydrogen (secondary N) is 1. The number of benzene rings is 3. The van der Waals surface area contributed by atoms with E-state index >= 15 is 0 Å². The summed E-state index contributed by atoms with van der Waals surface area (Å²) in [4.78, 5) is 39.5. The minimum Gasteiger partial charge on any atom is -0.490 e. The normalized spacial score (nSPS) is 14.7. The van der Waals surface area contributed by atoms with Gasteiger partial charge in [-0.05, 0) is 73.9 Å². The van der Waals surface area contributed by atoms with Crippen molar-refractivity contribution in [1.29, 1.82) is 0 Å². The summed E-state index contributed by atoms with van der Waals surface area (Å²) in [6, 6.07) is 15.7. The van der Waals surface area contributed by atoms with Crippen LogP contribution in [0.15, 0.2) is 69.1 Å². The molecule has 1 saturated heterocycles. The highest BCUT2D eigenvalue weighted by atomic mass is 79.9. The number of amides is 4. The number of hydrogen-bond acceptors (Lipinski definition) is 5. The van der Waals surface area contributed by atoms with E-state index in [9.17, 15) is 14.4 Å². The summed E-state index contributed by atoms with van der Waals surface area (Å²) in [7, 11) is 0. The molecular weight excluding hydrogens is 604 g/mol. The van der Waals surface area contributed by atoms with Crippen LogP contribution < -0.4 is 19.7 Å². The Kier molecular flexibility index (Phi) is 8.14. The summed E-state index contributed by atoms with van der Waals surface area (Å²) >= 11 is 6.93. The molecule has 37 heavy (non-hydrogen) atoms. The SMILES string of the molecule is CCOc1cc(/C=C2\C(=O)NC(=O)N(c3ccc(Br)c(C)c3)C2=O)c(Br)cc1OCc1cccc(C)c1. The van der Waals surface area contributed by atoms with Gasteiger partial charge in [0.1, 0.15) is 12.2 Å². The van der Waals surface area contributed by atoms with Crippen molar-refractivity contribution >= 4 is 61.5 Å². The lowest BCUT2D eigenvalue weighted by molar-refractivity contribution is -0.122. The van der Waals surface area contributed by atoms with E-state index < -0.39 is 17.8 Å². The molecule has 0 saturated carbocycles. The third-order valence-corrected chi connectivity index (χ3v) is 7.22. The number of urea groups is 1. The lowest BCUT2D eigenvalue weighted by Crippen LogP contribution is -2.54. The Labute approximate surface area is 231 Å². The second kappa shape index (κ2) is 11.3. The van der Waals surface area contributed by atoms with Crippen molar-refractivity contribution in [2.75, 3.05) is 11.5 Å². The van der Waals surface area contributed by atoms with E-state index in [1.54, 1.807) is 30.3 Å². The Bertz CT molecular complexity index is 1430. The van der Waals surface area contributed by atoms with Crippen molar-refractivity contribution in [3.8, 4) is 11.5 Å². The Hall–Kier alpha value is -3.43. The zero-order valence-electron chi connectivity index (χ0n) is 20.4. The first-order chi connectivity index (χ1) is 17.7.